The number of nitrogens with zero attached hydrogens (tertiary/aromatic N) is 2. The summed E-state index contributed by atoms with van der Waals surface area (Å²) in [4.78, 5) is 10.7. The van der Waals surface area contributed by atoms with Crippen molar-refractivity contribution in [2.24, 2.45) is 5.41 Å². The van der Waals surface area contributed by atoms with Gasteiger partial charge in [-0.1, -0.05) is 0 Å². The Bertz CT molecular complexity index is 405. The maximum absolute atomic E-state index is 10.7. The fraction of sp³-hybridized carbons (Fsp3) is 0.545. The third-order valence-corrected chi connectivity index (χ3v) is 4.03. The quantitative estimate of drug-likeness (QED) is 0.796. The third-order valence-electron chi connectivity index (χ3n) is 2.78. The molecule has 1 aromatic heterocycles. The Hall–Kier alpha value is -1.10. The molecule has 0 atom stereocenters. The molecule has 0 spiro atoms. The Labute approximate surface area is 98.5 Å². The van der Waals surface area contributed by atoms with Crippen molar-refractivity contribution in [2.75, 3.05) is 5.75 Å². The highest BCUT2D eigenvalue weighted by molar-refractivity contribution is 7.99. The summed E-state index contributed by atoms with van der Waals surface area (Å²) >= 11 is 1.61. The van der Waals surface area contributed by atoms with Gasteiger partial charge in [-0.05, 0) is 36.8 Å². The molecule has 1 aliphatic carbocycles. The summed E-state index contributed by atoms with van der Waals surface area (Å²) < 4.78 is 0. The van der Waals surface area contributed by atoms with Crippen LogP contribution in [0.15, 0.2) is 17.3 Å². The van der Waals surface area contributed by atoms with Crippen molar-refractivity contribution in [3.8, 4) is 0 Å². The van der Waals surface area contributed by atoms with E-state index in [4.69, 9.17) is 5.11 Å². The molecule has 0 radical (unpaired) electrons. The van der Waals surface area contributed by atoms with E-state index in [9.17, 15) is 4.79 Å². The lowest BCUT2D eigenvalue weighted by atomic mass is 10.1. The number of hydrogen-bond donors (Lipinski definition) is 1. The molecule has 4 nitrogen and oxygen atoms in total. The minimum absolute atomic E-state index is 0.0158. The predicted molar refractivity (Wildman–Crippen MR) is 61.4 cm³/mol. The van der Waals surface area contributed by atoms with Crippen LogP contribution < -0.4 is 0 Å². The Morgan fingerprint density at radius 3 is 2.94 bits per heavy atom. The van der Waals surface area contributed by atoms with Gasteiger partial charge in [-0.25, -0.2) is 0 Å². The number of carboxylic acids is 1. The van der Waals surface area contributed by atoms with Crippen molar-refractivity contribution < 1.29 is 9.90 Å². The minimum Gasteiger partial charge on any atom is -0.481 e. The maximum atomic E-state index is 10.7. The first-order valence-corrected chi connectivity index (χ1v) is 6.22. The molecule has 0 aromatic carbocycles. The van der Waals surface area contributed by atoms with Crippen molar-refractivity contribution in [2.45, 2.75) is 31.2 Å². The van der Waals surface area contributed by atoms with E-state index in [1.54, 1.807) is 18.0 Å². The first-order valence-electron chi connectivity index (χ1n) is 5.24. The number of aliphatic carboxylic acids is 1. The number of aryl methyl sites for hydroxylation is 1. The fourth-order valence-corrected chi connectivity index (χ4v) is 2.82. The van der Waals surface area contributed by atoms with E-state index in [2.05, 4.69) is 10.2 Å². The second-order valence-corrected chi connectivity index (χ2v) is 5.43. The van der Waals surface area contributed by atoms with Gasteiger partial charge in [-0.3, -0.25) is 4.79 Å². The van der Waals surface area contributed by atoms with Crippen molar-refractivity contribution >= 4 is 17.7 Å². The molecule has 1 heterocycles. The lowest BCUT2D eigenvalue weighted by molar-refractivity contribution is -0.138. The van der Waals surface area contributed by atoms with Crippen LogP contribution in [0.3, 0.4) is 0 Å². The number of rotatable bonds is 5. The van der Waals surface area contributed by atoms with Gasteiger partial charge in [0.2, 0.25) is 0 Å². The van der Waals surface area contributed by atoms with Gasteiger partial charge >= 0.3 is 5.97 Å². The average molecular weight is 238 g/mol. The van der Waals surface area contributed by atoms with Gasteiger partial charge in [0, 0.05) is 5.75 Å². The normalized spacial score (nSPS) is 17.1. The number of carboxylic acid groups (broad SMARTS) is 1. The molecular weight excluding hydrogens is 224 g/mol. The molecule has 0 amide bonds. The highest BCUT2D eigenvalue weighted by Gasteiger charge is 2.44. The van der Waals surface area contributed by atoms with E-state index in [0.717, 1.165) is 29.2 Å². The second kappa shape index (κ2) is 4.41. The molecule has 2 rings (SSSR count). The fourth-order valence-electron chi connectivity index (χ4n) is 1.61. The van der Waals surface area contributed by atoms with Gasteiger partial charge in [0.1, 0.15) is 5.03 Å². The standard InChI is InChI=1S/C11H14N2O2S/c1-8-4-9(13-12-6-8)16-7-11(2-3-11)5-10(14)15/h4,6H,2-3,5,7H2,1H3,(H,14,15). The largest absolute Gasteiger partial charge is 0.481 e. The van der Waals surface area contributed by atoms with Crippen LogP contribution >= 0.6 is 11.8 Å². The van der Waals surface area contributed by atoms with E-state index >= 15 is 0 Å². The number of thioether (sulfide) groups is 1. The van der Waals surface area contributed by atoms with Crippen molar-refractivity contribution in [3.05, 3.63) is 17.8 Å². The molecule has 1 aromatic rings. The first kappa shape index (κ1) is 11.4. The van der Waals surface area contributed by atoms with Gasteiger partial charge in [0.15, 0.2) is 0 Å². The molecule has 1 fully saturated rings. The first-order chi connectivity index (χ1) is 7.60. The van der Waals surface area contributed by atoms with Crippen molar-refractivity contribution in [3.63, 3.8) is 0 Å². The Kier molecular flexibility index (Phi) is 3.14. The molecule has 1 aliphatic rings. The molecular formula is C11H14N2O2S. The summed E-state index contributed by atoms with van der Waals surface area (Å²) in [5, 5.41) is 17.6. The molecule has 1 saturated carbocycles. The number of carbonyl (C=O) groups is 1. The van der Waals surface area contributed by atoms with E-state index in [0.29, 0.717) is 0 Å². The van der Waals surface area contributed by atoms with Gasteiger partial charge < -0.3 is 5.11 Å². The average Bonchev–Trinajstić information content (AvgIpc) is 2.95. The summed E-state index contributed by atoms with van der Waals surface area (Å²) in [5.74, 6) is 0.130. The van der Waals surface area contributed by atoms with Crippen LogP contribution in [0, 0.1) is 12.3 Å². The molecule has 0 unspecified atom stereocenters. The van der Waals surface area contributed by atoms with E-state index < -0.39 is 5.97 Å². The van der Waals surface area contributed by atoms with Crippen molar-refractivity contribution in [1.29, 1.82) is 0 Å². The zero-order chi connectivity index (χ0) is 11.6. The van der Waals surface area contributed by atoms with Crippen LogP contribution in [0.25, 0.3) is 0 Å². The third kappa shape index (κ3) is 2.95. The summed E-state index contributed by atoms with van der Waals surface area (Å²) in [5.41, 5.74) is 1.10. The van der Waals surface area contributed by atoms with Crippen LogP contribution in [-0.2, 0) is 4.79 Å². The molecule has 16 heavy (non-hydrogen) atoms. The lowest BCUT2D eigenvalue weighted by Crippen LogP contribution is -2.11. The van der Waals surface area contributed by atoms with Gasteiger partial charge in [-0.2, -0.15) is 5.10 Å². The maximum Gasteiger partial charge on any atom is 0.303 e. The van der Waals surface area contributed by atoms with Gasteiger partial charge in [0.25, 0.3) is 0 Å². The lowest BCUT2D eigenvalue weighted by Gasteiger charge is -2.10. The predicted octanol–water partition coefficient (Wildman–Crippen LogP) is 2.13. The summed E-state index contributed by atoms with van der Waals surface area (Å²) in [7, 11) is 0. The zero-order valence-corrected chi connectivity index (χ0v) is 9.96. The highest BCUT2D eigenvalue weighted by Crippen LogP contribution is 2.51. The number of hydrogen-bond acceptors (Lipinski definition) is 4. The number of aromatic nitrogens is 2. The molecule has 0 saturated heterocycles. The van der Waals surface area contributed by atoms with Crippen LogP contribution in [0.4, 0.5) is 0 Å². The van der Waals surface area contributed by atoms with Crippen LogP contribution in [0.5, 0.6) is 0 Å². The Morgan fingerprint density at radius 1 is 1.62 bits per heavy atom. The highest BCUT2D eigenvalue weighted by atomic mass is 32.2. The molecule has 0 bridgehead atoms. The van der Waals surface area contributed by atoms with Crippen LogP contribution in [-0.4, -0.2) is 27.0 Å². The van der Waals surface area contributed by atoms with Crippen LogP contribution in [0.2, 0.25) is 0 Å². The van der Waals surface area contributed by atoms with Crippen LogP contribution in [0.1, 0.15) is 24.8 Å². The minimum atomic E-state index is -0.701. The van der Waals surface area contributed by atoms with Crippen molar-refractivity contribution in [1.82, 2.24) is 10.2 Å². The summed E-state index contributed by atoms with van der Waals surface area (Å²) in [6.07, 6.45) is 4.03. The van der Waals surface area contributed by atoms with E-state index in [1.807, 2.05) is 13.0 Å². The Morgan fingerprint density at radius 2 is 2.38 bits per heavy atom. The molecule has 86 valence electrons. The summed E-state index contributed by atoms with van der Waals surface area (Å²) in [6.45, 7) is 1.98. The monoisotopic (exact) mass is 238 g/mol. The SMILES string of the molecule is Cc1cnnc(SCC2(CC(=O)O)CC2)c1. The van der Waals surface area contributed by atoms with E-state index in [-0.39, 0.29) is 11.8 Å². The molecule has 0 aliphatic heterocycles. The van der Waals surface area contributed by atoms with E-state index in [1.165, 1.54) is 0 Å². The summed E-state index contributed by atoms with van der Waals surface area (Å²) in [6, 6.07) is 1.98. The molecule has 5 heteroatoms. The molecule has 1 N–H and O–H groups in total. The second-order valence-electron chi connectivity index (χ2n) is 4.43. The zero-order valence-electron chi connectivity index (χ0n) is 9.14. The topological polar surface area (TPSA) is 63.1 Å². The van der Waals surface area contributed by atoms with Gasteiger partial charge in [-0.15, -0.1) is 16.9 Å². The smallest absolute Gasteiger partial charge is 0.303 e. The Balaban J connectivity index is 1.90. The van der Waals surface area contributed by atoms with Gasteiger partial charge in [0.05, 0.1) is 12.6 Å².